The zero-order valence-electron chi connectivity index (χ0n) is 28.6. The highest BCUT2D eigenvalue weighted by Crippen LogP contribution is 2.24. The van der Waals surface area contributed by atoms with Gasteiger partial charge >= 0.3 is 11.9 Å². The molecule has 5 nitrogen and oxygen atoms in total. The van der Waals surface area contributed by atoms with Crippen LogP contribution < -0.4 is 4.74 Å². The van der Waals surface area contributed by atoms with Crippen LogP contribution in [0.1, 0.15) is 141 Å². The van der Waals surface area contributed by atoms with Gasteiger partial charge in [0.25, 0.3) is 0 Å². The number of rotatable bonds is 23. The number of ether oxygens (including phenoxy) is 3. The zero-order chi connectivity index (χ0) is 32.8. The van der Waals surface area contributed by atoms with Gasteiger partial charge in [0.2, 0.25) is 0 Å². The van der Waals surface area contributed by atoms with Crippen LogP contribution in [0.4, 0.5) is 0 Å². The topological polar surface area (TPSA) is 61.8 Å². The molecule has 5 heteroatoms. The van der Waals surface area contributed by atoms with Crippen LogP contribution in [0.15, 0.2) is 66.7 Å². The van der Waals surface area contributed by atoms with Crippen LogP contribution >= 0.6 is 0 Å². The third-order valence-electron chi connectivity index (χ3n) is 8.57. The van der Waals surface area contributed by atoms with E-state index in [-0.39, 0.29) is 18.5 Å². The Balaban J connectivity index is 1.31. The van der Waals surface area contributed by atoms with E-state index in [4.69, 9.17) is 14.2 Å². The fourth-order valence-corrected chi connectivity index (χ4v) is 5.72. The lowest BCUT2D eigenvalue weighted by Crippen LogP contribution is -2.07. The zero-order valence-corrected chi connectivity index (χ0v) is 28.6. The van der Waals surface area contributed by atoms with Crippen LogP contribution in [-0.4, -0.2) is 25.7 Å². The Hall–Kier alpha value is -3.60. The van der Waals surface area contributed by atoms with E-state index in [1.54, 1.807) is 24.3 Å². The van der Waals surface area contributed by atoms with Gasteiger partial charge in [-0.2, -0.15) is 0 Å². The predicted octanol–water partition coefficient (Wildman–Crippen LogP) is 11.4. The maximum Gasteiger partial charge on any atom is 0.338 e. The molecule has 0 unspecified atom stereocenters. The average molecular weight is 629 g/mol. The van der Waals surface area contributed by atoms with Gasteiger partial charge in [0.1, 0.15) is 12.4 Å². The number of esters is 2. The first-order chi connectivity index (χ1) is 22.5. The monoisotopic (exact) mass is 628 g/mol. The van der Waals surface area contributed by atoms with Crippen LogP contribution in [-0.2, 0) is 16.1 Å². The number of carbonyl (C=O) groups is 2. The van der Waals surface area contributed by atoms with Crippen LogP contribution in [0.2, 0.25) is 0 Å². The van der Waals surface area contributed by atoms with Gasteiger partial charge in [-0.15, -0.1) is 0 Å². The van der Waals surface area contributed by atoms with Gasteiger partial charge in [0, 0.05) is 5.56 Å². The van der Waals surface area contributed by atoms with Gasteiger partial charge in [-0.3, -0.25) is 0 Å². The Morgan fingerprint density at radius 2 is 1.17 bits per heavy atom. The molecule has 46 heavy (non-hydrogen) atoms. The Kier molecular flexibility index (Phi) is 17.6. The summed E-state index contributed by atoms with van der Waals surface area (Å²) in [5.41, 5.74) is 4.69. The van der Waals surface area contributed by atoms with Crippen LogP contribution in [0, 0.1) is 6.92 Å². The van der Waals surface area contributed by atoms with Crippen molar-refractivity contribution in [1.29, 1.82) is 0 Å². The summed E-state index contributed by atoms with van der Waals surface area (Å²) < 4.78 is 16.6. The normalized spacial score (nSPS) is 10.9. The molecule has 3 aromatic rings. The maximum atomic E-state index is 12.8. The first kappa shape index (κ1) is 36.9. The van der Waals surface area contributed by atoms with E-state index in [0.29, 0.717) is 17.7 Å². The van der Waals surface area contributed by atoms with Crippen molar-refractivity contribution in [2.24, 2.45) is 0 Å². The lowest BCUT2D eigenvalue weighted by atomic mass is 10.0. The number of methoxy groups -OCH3 is 1. The summed E-state index contributed by atoms with van der Waals surface area (Å²) in [6, 6.07) is 20.4. The number of aryl methyl sites for hydroxylation is 1. The van der Waals surface area contributed by atoms with Gasteiger partial charge in [0.05, 0.1) is 24.8 Å². The SMILES string of the molecule is CCCCCCCCCCCCCCCCCCOc1cc(C)ccc1COC(=O)c1ccc(-c2cccc(C(=O)OC)c2)cc1. The highest BCUT2D eigenvalue weighted by Gasteiger charge is 2.12. The molecule has 0 amide bonds. The van der Waals surface area contributed by atoms with Crippen molar-refractivity contribution in [2.75, 3.05) is 13.7 Å². The molecule has 0 aliphatic carbocycles. The molecule has 0 fully saturated rings. The molecule has 0 saturated heterocycles. The van der Waals surface area contributed by atoms with Gasteiger partial charge in [0.15, 0.2) is 0 Å². The largest absolute Gasteiger partial charge is 0.493 e. The summed E-state index contributed by atoms with van der Waals surface area (Å²) >= 11 is 0. The molecule has 0 atom stereocenters. The fraction of sp³-hybridized carbons (Fsp3) is 0.512. The van der Waals surface area contributed by atoms with Gasteiger partial charge < -0.3 is 14.2 Å². The number of hydrogen-bond acceptors (Lipinski definition) is 5. The summed E-state index contributed by atoms with van der Waals surface area (Å²) in [6.45, 7) is 5.14. The van der Waals surface area contributed by atoms with Crippen molar-refractivity contribution >= 4 is 11.9 Å². The lowest BCUT2D eigenvalue weighted by molar-refractivity contribution is 0.0469. The number of hydrogen-bond donors (Lipinski definition) is 0. The molecule has 0 spiro atoms. The lowest BCUT2D eigenvalue weighted by Gasteiger charge is -2.13. The summed E-state index contributed by atoms with van der Waals surface area (Å²) in [6.07, 6.45) is 21.5. The van der Waals surface area contributed by atoms with E-state index < -0.39 is 0 Å². The molecule has 0 bridgehead atoms. The van der Waals surface area contributed by atoms with Crippen LogP contribution in [0.3, 0.4) is 0 Å². The highest BCUT2D eigenvalue weighted by atomic mass is 16.5. The Bertz CT molecular complexity index is 1300. The van der Waals surface area contributed by atoms with Gasteiger partial charge in [-0.05, 0) is 60.4 Å². The average Bonchev–Trinajstić information content (AvgIpc) is 3.08. The summed E-state index contributed by atoms with van der Waals surface area (Å²) in [7, 11) is 1.36. The third-order valence-corrected chi connectivity index (χ3v) is 8.57. The van der Waals surface area contributed by atoms with E-state index in [1.807, 2.05) is 49.4 Å². The number of unbranched alkanes of at least 4 members (excludes halogenated alkanes) is 15. The van der Waals surface area contributed by atoms with Crippen LogP contribution in [0.5, 0.6) is 5.75 Å². The second-order valence-corrected chi connectivity index (χ2v) is 12.5. The highest BCUT2D eigenvalue weighted by molar-refractivity contribution is 5.92. The molecule has 0 N–H and O–H groups in total. The van der Waals surface area contributed by atoms with Crippen molar-refractivity contribution in [3.05, 3.63) is 89.0 Å². The third kappa shape index (κ3) is 13.8. The van der Waals surface area contributed by atoms with Gasteiger partial charge in [-0.25, -0.2) is 9.59 Å². The summed E-state index contributed by atoms with van der Waals surface area (Å²) in [5.74, 6) is 0.0142. The minimum atomic E-state index is -0.390. The smallest absolute Gasteiger partial charge is 0.338 e. The molecule has 0 aromatic heterocycles. The van der Waals surface area contributed by atoms with Crippen molar-refractivity contribution < 1.29 is 23.8 Å². The molecule has 250 valence electrons. The van der Waals surface area contributed by atoms with Gasteiger partial charge in [-0.1, -0.05) is 140 Å². The standard InChI is InChI=1S/C41H56O5/c1-4-5-6-7-8-9-10-11-12-13-14-15-16-17-18-19-29-45-39-30-33(2)23-24-38(39)32-46-41(43)35-27-25-34(26-28-35)36-21-20-22-37(31-36)40(42)44-3/h20-28,30-31H,4-19,29,32H2,1-3H3. The number of benzene rings is 3. The van der Waals surface area contributed by atoms with E-state index in [9.17, 15) is 9.59 Å². The van der Waals surface area contributed by atoms with E-state index >= 15 is 0 Å². The molecule has 0 saturated carbocycles. The molecule has 0 radical (unpaired) electrons. The summed E-state index contributed by atoms with van der Waals surface area (Å²) in [4.78, 5) is 24.7. The summed E-state index contributed by atoms with van der Waals surface area (Å²) in [5, 5.41) is 0. The van der Waals surface area contributed by atoms with Crippen molar-refractivity contribution in [3.63, 3.8) is 0 Å². The molecular formula is C41H56O5. The van der Waals surface area contributed by atoms with Crippen molar-refractivity contribution in [1.82, 2.24) is 0 Å². The molecule has 3 aromatic carbocycles. The first-order valence-corrected chi connectivity index (χ1v) is 17.7. The second-order valence-electron chi connectivity index (χ2n) is 12.5. The van der Waals surface area contributed by atoms with Crippen molar-refractivity contribution in [3.8, 4) is 16.9 Å². The fourth-order valence-electron chi connectivity index (χ4n) is 5.72. The quantitative estimate of drug-likeness (QED) is 0.0772. The first-order valence-electron chi connectivity index (χ1n) is 17.7. The Morgan fingerprint density at radius 3 is 1.76 bits per heavy atom. The molecule has 0 heterocycles. The predicted molar refractivity (Wildman–Crippen MR) is 189 cm³/mol. The van der Waals surface area contributed by atoms with E-state index in [0.717, 1.165) is 34.4 Å². The molecular weight excluding hydrogens is 572 g/mol. The molecule has 0 aliphatic heterocycles. The van der Waals surface area contributed by atoms with Crippen molar-refractivity contribution in [2.45, 2.75) is 123 Å². The van der Waals surface area contributed by atoms with E-state index in [1.165, 1.54) is 103 Å². The number of carbonyl (C=O) groups excluding carboxylic acids is 2. The Labute approximate surface area is 278 Å². The molecule has 0 aliphatic rings. The minimum Gasteiger partial charge on any atom is -0.493 e. The van der Waals surface area contributed by atoms with E-state index in [2.05, 4.69) is 6.92 Å². The second kappa shape index (κ2) is 22.0. The Morgan fingerprint density at radius 1 is 0.587 bits per heavy atom. The minimum absolute atomic E-state index is 0.149. The van der Waals surface area contributed by atoms with Crippen LogP contribution in [0.25, 0.3) is 11.1 Å². The molecule has 3 rings (SSSR count). The maximum absolute atomic E-state index is 12.8.